The van der Waals surface area contributed by atoms with Crippen LogP contribution >= 0.6 is 22.7 Å². The number of thiazole rings is 1. The van der Waals surface area contributed by atoms with Crippen molar-refractivity contribution >= 4 is 45.8 Å². The number of anilines is 1. The monoisotopic (exact) mass is 509 g/mol. The number of nitrogens with zero attached hydrogens (tertiary/aromatic N) is 3. The zero-order chi connectivity index (χ0) is 24.7. The van der Waals surface area contributed by atoms with Gasteiger partial charge in [0.2, 0.25) is 0 Å². The molecule has 1 aromatic carbocycles. The van der Waals surface area contributed by atoms with E-state index in [-0.39, 0.29) is 24.7 Å². The molecule has 4 heterocycles. The van der Waals surface area contributed by atoms with Crippen LogP contribution in [0.1, 0.15) is 30.3 Å². The molecule has 8 nitrogen and oxygen atoms in total. The Hall–Kier alpha value is -3.34. The first kappa shape index (κ1) is 23.4. The minimum atomic E-state index is -0.690. The molecule has 0 spiro atoms. The number of allylic oxidation sites excluding steroid dienone is 1. The van der Waals surface area contributed by atoms with E-state index in [0.29, 0.717) is 32.7 Å². The summed E-state index contributed by atoms with van der Waals surface area (Å²) in [7, 11) is 1.53. The van der Waals surface area contributed by atoms with Crippen molar-refractivity contribution in [3.63, 3.8) is 0 Å². The van der Waals surface area contributed by atoms with Crippen LogP contribution in [0.25, 0.3) is 5.57 Å². The van der Waals surface area contributed by atoms with Gasteiger partial charge in [0.1, 0.15) is 17.2 Å². The lowest BCUT2D eigenvalue weighted by Gasteiger charge is -2.23. The van der Waals surface area contributed by atoms with E-state index in [1.807, 2.05) is 48.7 Å². The minimum Gasteiger partial charge on any atom is -0.460 e. The number of rotatable bonds is 6. The summed E-state index contributed by atoms with van der Waals surface area (Å²) >= 11 is 2.62. The lowest BCUT2D eigenvalue weighted by atomic mass is 10.0. The van der Waals surface area contributed by atoms with E-state index in [9.17, 15) is 14.4 Å². The fourth-order valence-electron chi connectivity index (χ4n) is 4.46. The third-order valence-electron chi connectivity index (χ3n) is 6.02. The van der Waals surface area contributed by atoms with Gasteiger partial charge in [0, 0.05) is 24.1 Å². The average Bonchev–Trinajstić information content (AvgIpc) is 3.55. The van der Waals surface area contributed by atoms with Gasteiger partial charge in [-0.1, -0.05) is 35.6 Å². The van der Waals surface area contributed by atoms with Gasteiger partial charge in [0.05, 0.1) is 29.1 Å². The maximum Gasteiger partial charge on any atom is 0.338 e. The van der Waals surface area contributed by atoms with Crippen LogP contribution in [0.15, 0.2) is 62.8 Å². The van der Waals surface area contributed by atoms with Crippen molar-refractivity contribution < 1.29 is 19.1 Å². The van der Waals surface area contributed by atoms with Crippen LogP contribution in [0, 0.1) is 0 Å². The van der Waals surface area contributed by atoms with Gasteiger partial charge in [-0.3, -0.25) is 14.2 Å². The van der Waals surface area contributed by atoms with Crippen molar-refractivity contribution in [2.75, 3.05) is 31.8 Å². The summed E-state index contributed by atoms with van der Waals surface area (Å²) in [6.45, 7) is 4.49. The molecular formula is C25H23N3O5S2. The van der Waals surface area contributed by atoms with E-state index in [1.54, 1.807) is 11.8 Å². The zero-order valence-electron chi connectivity index (χ0n) is 19.4. The molecule has 3 aromatic rings. The number of aromatic nitrogens is 1. The van der Waals surface area contributed by atoms with Crippen LogP contribution in [0.2, 0.25) is 0 Å². The number of para-hydroxylation sites is 1. The number of methoxy groups -OCH3 is 1. The van der Waals surface area contributed by atoms with Gasteiger partial charge >= 0.3 is 5.97 Å². The van der Waals surface area contributed by atoms with Crippen LogP contribution < -0.4 is 19.8 Å². The molecule has 0 saturated heterocycles. The van der Waals surface area contributed by atoms with E-state index in [4.69, 9.17) is 9.47 Å². The van der Waals surface area contributed by atoms with Crippen LogP contribution in [0.4, 0.5) is 5.69 Å². The molecule has 2 aromatic heterocycles. The summed E-state index contributed by atoms with van der Waals surface area (Å²) in [5, 5.41) is 1.90. The Labute approximate surface area is 209 Å². The van der Waals surface area contributed by atoms with Crippen LogP contribution in [0.5, 0.6) is 0 Å². The van der Waals surface area contributed by atoms with Crippen LogP contribution in [-0.2, 0) is 19.1 Å². The molecule has 0 aliphatic carbocycles. The molecule has 0 unspecified atom stereocenters. The van der Waals surface area contributed by atoms with Crippen molar-refractivity contribution in [2.45, 2.75) is 19.9 Å². The number of carbonyl (C=O) groups is 2. The lowest BCUT2D eigenvalue weighted by molar-refractivity contribution is -0.140. The highest BCUT2D eigenvalue weighted by molar-refractivity contribution is 7.10. The molecule has 0 N–H and O–H groups in total. The molecule has 0 fully saturated rings. The van der Waals surface area contributed by atoms with Crippen molar-refractivity contribution in [3.05, 3.63) is 83.2 Å². The molecule has 35 heavy (non-hydrogen) atoms. The summed E-state index contributed by atoms with van der Waals surface area (Å²) in [6.07, 6.45) is 0. The summed E-state index contributed by atoms with van der Waals surface area (Å²) in [5.41, 5.74) is 2.33. The molecule has 0 saturated carbocycles. The number of hydrogen-bond acceptors (Lipinski definition) is 8. The number of likely N-dealkylation sites (N-methyl/N-ethyl adjacent to an activating group) is 1. The first-order valence-corrected chi connectivity index (χ1v) is 12.8. The van der Waals surface area contributed by atoms with Crippen molar-refractivity contribution in [1.82, 2.24) is 4.57 Å². The van der Waals surface area contributed by atoms with Crippen molar-refractivity contribution in [2.24, 2.45) is 4.99 Å². The summed E-state index contributed by atoms with van der Waals surface area (Å²) in [5.74, 6) is -0.749. The number of thiophene rings is 1. The van der Waals surface area contributed by atoms with E-state index in [2.05, 4.69) is 4.99 Å². The SMILES string of the molecule is CCN1C(=O)/C(=c2\sc3n(c2=O)[C@@H](c2cccs2)C(C(=O)OCCOC)=C(C)N=3)c2ccccc21. The first-order valence-electron chi connectivity index (χ1n) is 11.1. The van der Waals surface area contributed by atoms with Crippen molar-refractivity contribution in [1.29, 1.82) is 0 Å². The number of fused-ring (bicyclic) bond motifs is 2. The molecule has 10 heteroatoms. The fraction of sp³-hybridized carbons (Fsp3) is 0.280. The molecule has 180 valence electrons. The number of esters is 1. The van der Waals surface area contributed by atoms with E-state index >= 15 is 0 Å². The molecular weight excluding hydrogens is 486 g/mol. The van der Waals surface area contributed by atoms with Crippen LogP contribution in [0.3, 0.4) is 0 Å². The van der Waals surface area contributed by atoms with Crippen molar-refractivity contribution in [3.8, 4) is 0 Å². The topological polar surface area (TPSA) is 90.2 Å². The second-order valence-corrected chi connectivity index (χ2v) is 9.94. The normalized spacial score (nSPS) is 18.4. The predicted molar refractivity (Wildman–Crippen MR) is 134 cm³/mol. The molecule has 1 amide bonds. The van der Waals surface area contributed by atoms with Gasteiger partial charge in [0.15, 0.2) is 4.80 Å². The Morgan fingerprint density at radius 3 is 2.66 bits per heavy atom. The maximum atomic E-state index is 13.9. The molecule has 2 aliphatic heterocycles. The molecule has 5 rings (SSSR count). The molecule has 1 atom stereocenters. The number of ether oxygens (including phenoxy) is 2. The lowest BCUT2D eigenvalue weighted by Crippen LogP contribution is -2.40. The summed E-state index contributed by atoms with van der Waals surface area (Å²) in [6, 6.07) is 10.5. The predicted octanol–water partition coefficient (Wildman–Crippen LogP) is 2.22. The van der Waals surface area contributed by atoms with Gasteiger partial charge in [-0.05, 0) is 31.4 Å². The van der Waals surface area contributed by atoms with E-state index in [1.165, 1.54) is 34.4 Å². The second kappa shape index (κ2) is 9.37. The fourth-order valence-corrected chi connectivity index (χ4v) is 6.42. The number of carbonyl (C=O) groups excluding carboxylic acids is 2. The highest BCUT2D eigenvalue weighted by Crippen LogP contribution is 2.36. The largest absolute Gasteiger partial charge is 0.460 e. The van der Waals surface area contributed by atoms with E-state index < -0.39 is 12.0 Å². The highest BCUT2D eigenvalue weighted by atomic mass is 32.1. The number of hydrogen-bond donors (Lipinski definition) is 0. The summed E-state index contributed by atoms with van der Waals surface area (Å²) < 4.78 is 12.2. The standard InChI is InChI=1S/C25H23N3O5S2/c1-4-27-16-9-6-5-8-15(16)19(22(27)29)21-23(30)28-20(17-10-7-13-34-17)18(14(2)26-25(28)35-21)24(31)33-12-11-32-3/h5-10,13,20H,4,11-12H2,1-3H3/b21-19-/t20-/m0/s1. The summed E-state index contributed by atoms with van der Waals surface area (Å²) in [4.78, 5) is 47.9. The van der Waals surface area contributed by atoms with Gasteiger partial charge in [-0.2, -0.15) is 0 Å². The quantitative estimate of drug-likeness (QED) is 0.376. The number of benzene rings is 1. The molecule has 2 aliphatic rings. The Morgan fingerprint density at radius 2 is 1.94 bits per heavy atom. The van der Waals surface area contributed by atoms with Gasteiger partial charge < -0.3 is 14.4 Å². The van der Waals surface area contributed by atoms with Gasteiger partial charge in [-0.15, -0.1) is 11.3 Å². The Morgan fingerprint density at radius 1 is 1.14 bits per heavy atom. The Balaban J connectivity index is 1.74. The van der Waals surface area contributed by atoms with Gasteiger partial charge in [0.25, 0.3) is 11.5 Å². The maximum absolute atomic E-state index is 13.9. The van der Waals surface area contributed by atoms with E-state index in [0.717, 1.165) is 16.1 Å². The van der Waals surface area contributed by atoms with Gasteiger partial charge in [-0.25, -0.2) is 9.79 Å². The zero-order valence-corrected chi connectivity index (χ0v) is 21.1. The average molecular weight is 510 g/mol. The third kappa shape index (κ3) is 3.78. The second-order valence-electron chi connectivity index (χ2n) is 7.99. The highest BCUT2D eigenvalue weighted by Gasteiger charge is 2.37. The Bertz CT molecular complexity index is 1530. The molecule has 0 radical (unpaired) electrons. The first-order chi connectivity index (χ1) is 17.0. The Kier molecular flexibility index (Phi) is 6.26. The van der Waals surface area contributed by atoms with Crippen LogP contribution in [-0.4, -0.2) is 43.3 Å². The molecule has 0 bridgehead atoms. The minimum absolute atomic E-state index is 0.0932. The smallest absolute Gasteiger partial charge is 0.338 e. The third-order valence-corrected chi connectivity index (χ3v) is 8.00. The number of amides is 1.